The maximum atomic E-state index is 11.9. The minimum atomic E-state index is -0.232. The van der Waals surface area contributed by atoms with Gasteiger partial charge in [-0.1, -0.05) is 22.8 Å². The largest absolute Gasteiger partial charge is 0.352 e. The number of nitrogens with one attached hydrogen (secondary N) is 1. The van der Waals surface area contributed by atoms with E-state index in [9.17, 15) is 4.79 Å². The van der Waals surface area contributed by atoms with Crippen LogP contribution >= 0.6 is 27.5 Å². The minimum absolute atomic E-state index is 0.232. The molecule has 1 amide bonds. The summed E-state index contributed by atoms with van der Waals surface area (Å²) in [6.07, 6.45) is 1.76. The quantitative estimate of drug-likeness (QED) is 0.935. The smallest absolute Gasteiger partial charge is 0.252 e. The van der Waals surface area contributed by atoms with Crippen LogP contribution in [-0.2, 0) is 6.42 Å². The number of halogens is 2. The average Bonchev–Trinajstić information content (AvgIpc) is 2.85. The van der Waals surface area contributed by atoms with Gasteiger partial charge in [0.2, 0.25) is 6.39 Å². The lowest BCUT2D eigenvalue weighted by Gasteiger charge is -2.06. The maximum Gasteiger partial charge on any atom is 0.252 e. The van der Waals surface area contributed by atoms with Crippen LogP contribution in [0.2, 0.25) is 5.02 Å². The van der Waals surface area contributed by atoms with Gasteiger partial charge in [0.15, 0.2) is 5.82 Å². The van der Waals surface area contributed by atoms with Gasteiger partial charge in [-0.05, 0) is 28.1 Å². The van der Waals surface area contributed by atoms with Crippen molar-refractivity contribution in [2.45, 2.75) is 6.42 Å². The number of benzene rings is 1. The Morgan fingerprint density at radius 1 is 1.50 bits per heavy atom. The van der Waals surface area contributed by atoms with Crippen LogP contribution in [0.15, 0.2) is 33.6 Å². The molecule has 0 aliphatic rings. The van der Waals surface area contributed by atoms with E-state index in [2.05, 4.69) is 35.9 Å². The molecule has 0 fully saturated rings. The zero-order valence-electron chi connectivity index (χ0n) is 9.19. The fourth-order valence-corrected chi connectivity index (χ4v) is 1.94. The first-order valence-corrected chi connectivity index (χ1v) is 6.33. The zero-order chi connectivity index (χ0) is 13.0. The van der Waals surface area contributed by atoms with Gasteiger partial charge in [-0.15, -0.1) is 0 Å². The molecule has 1 N–H and O–H groups in total. The molecule has 7 heteroatoms. The summed E-state index contributed by atoms with van der Waals surface area (Å²) in [7, 11) is 0. The molecule has 2 aromatic rings. The zero-order valence-corrected chi connectivity index (χ0v) is 11.5. The predicted octanol–water partition coefficient (Wildman–Crippen LogP) is 2.46. The molecular formula is C11H9BrClN3O2. The lowest BCUT2D eigenvalue weighted by atomic mass is 10.2. The van der Waals surface area contributed by atoms with E-state index in [4.69, 9.17) is 11.6 Å². The van der Waals surface area contributed by atoms with Crippen molar-refractivity contribution in [1.29, 1.82) is 0 Å². The van der Waals surface area contributed by atoms with Crippen LogP contribution in [0, 0.1) is 0 Å². The first kappa shape index (κ1) is 13.0. The summed E-state index contributed by atoms with van der Waals surface area (Å²) in [4.78, 5) is 15.7. The third kappa shape index (κ3) is 3.08. The van der Waals surface area contributed by atoms with Crippen molar-refractivity contribution in [3.8, 4) is 0 Å². The Bertz CT molecular complexity index is 545. The molecule has 0 bridgehead atoms. The molecule has 5 nitrogen and oxygen atoms in total. The fourth-order valence-electron chi connectivity index (χ4n) is 1.36. The second-order valence-corrected chi connectivity index (χ2v) is 4.69. The summed E-state index contributed by atoms with van der Waals surface area (Å²) < 4.78 is 5.28. The van der Waals surface area contributed by atoms with Crippen molar-refractivity contribution < 1.29 is 9.32 Å². The predicted molar refractivity (Wildman–Crippen MR) is 69.5 cm³/mol. The number of nitrogens with zero attached hydrogens (tertiary/aromatic N) is 2. The second-order valence-electron chi connectivity index (χ2n) is 3.45. The van der Waals surface area contributed by atoms with Gasteiger partial charge >= 0.3 is 0 Å². The molecule has 2 rings (SSSR count). The average molecular weight is 331 g/mol. The van der Waals surface area contributed by atoms with Crippen LogP contribution in [0.1, 0.15) is 16.2 Å². The lowest BCUT2D eigenvalue weighted by Crippen LogP contribution is -2.26. The minimum Gasteiger partial charge on any atom is -0.352 e. The Labute approximate surface area is 117 Å². The maximum absolute atomic E-state index is 11.9. The van der Waals surface area contributed by atoms with E-state index < -0.39 is 0 Å². The third-order valence-corrected chi connectivity index (χ3v) is 3.53. The highest BCUT2D eigenvalue weighted by molar-refractivity contribution is 9.10. The molecular weight excluding hydrogens is 321 g/mol. The molecule has 1 heterocycles. The topological polar surface area (TPSA) is 68.0 Å². The van der Waals surface area contributed by atoms with Crippen LogP contribution in [-0.4, -0.2) is 22.6 Å². The van der Waals surface area contributed by atoms with Crippen LogP contribution in [0.4, 0.5) is 0 Å². The molecule has 0 atom stereocenters. The summed E-state index contributed by atoms with van der Waals surface area (Å²) >= 11 is 9.29. The van der Waals surface area contributed by atoms with Gasteiger partial charge in [-0.2, -0.15) is 4.98 Å². The number of hydrogen-bond acceptors (Lipinski definition) is 4. The third-order valence-electron chi connectivity index (χ3n) is 2.24. The van der Waals surface area contributed by atoms with Gasteiger partial charge in [0.05, 0.1) is 10.6 Å². The Morgan fingerprint density at radius 2 is 2.33 bits per heavy atom. The molecule has 1 aromatic carbocycles. The van der Waals surface area contributed by atoms with Gasteiger partial charge in [-0.3, -0.25) is 4.79 Å². The number of amides is 1. The van der Waals surface area contributed by atoms with Gasteiger partial charge < -0.3 is 9.84 Å². The molecule has 18 heavy (non-hydrogen) atoms. The van der Waals surface area contributed by atoms with Gasteiger partial charge in [0, 0.05) is 17.4 Å². The highest BCUT2D eigenvalue weighted by Gasteiger charge is 2.11. The summed E-state index contributed by atoms with van der Waals surface area (Å²) in [5, 5.41) is 6.78. The van der Waals surface area contributed by atoms with Crippen LogP contribution < -0.4 is 5.32 Å². The van der Waals surface area contributed by atoms with Crippen molar-refractivity contribution >= 4 is 33.4 Å². The van der Waals surface area contributed by atoms with Crippen molar-refractivity contribution in [2.24, 2.45) is 0 Å². The van der Waals surface area contributed by atoms with E-state index in [1.807, 2.05) is 0 Å². The number of carbonyl (C=O) groups is 1. The van der Waals surface area contributed by atoms with E-state index in [0.717, 1.165) is 0 Å². The van der Waals surface area contributed by atoms with E-state index in [1.165, 1.54) is 6.39 Å². The van der Waals surface area contributed by atoms with E-state index in [-0.39, 0.29) is 5.91 Å². The molecule has 0 radical (unpaired) electrons. The second kappa shape index (κ2) is 5.97. The number of aromatic nitrogens is 2. The van der Waals surface area contributed by atoms with Gasteiger partial charge in [-0.25, -0.2) is 0 Å². The highest BCUT2D eigenvalue weighted by atomic mass is 79.9. The van der Waals surface area contributed by atoms with Crippen molar-refractivity contribution in [3.63, 3.8) is 0 Å². The van der Waals surface area contributed by atoms with Crippen LogP contribution in [0.5, 0.6) is 0 Å². The molecule has 94 valence electrons. The fraction of sp³-hybridized carbons (Fsp3) is 0.182. The normalized spacial score (nSPS) is 10.3. The number of carbonyl (C=O) groups excluding carboxylic acids is 1. The van der Waals surface area contributed by atoms with E-state index >= 15 is 0 Å². The van der Waals surface area contributed by atoms with Crippen molar-refractivity contribution in [2.75, 3.05) is 6.54 Å². The molecule has 0 aliphatic carbocycles. The molecule has 1 aromatic heterocycles. The Kier molecular flexibility index (Phi) is 4.33. The van der Waals surface area contributed by atoms with Crippen LogP contribution in [0.25, 0.3) is 0 Å². The number of rotatable bonds is 4. The SMILES string of the molecule is O=C(NCCc1ncon1)c1cccc(Br)c1Cl. The Morgan fingerprint density at radius 3 is 3.06 bits per heavy atom. The summed E-state index contributed by atoms with van der Waals surface area (Å²) in [5.74, 6) is 0.320. The highest BCUT2D eigenvalue weighted by Crippen LogP contribution is 2.25. The molecule has 0 aliphatic heterocycles. The molecule has 0 saturated carbocycles. The van der Waals surface area contributed by atoms with Gasteiger partial charge in [0.1, 0.15) is 0 Å². The monoisotopic (exact) mass is 329 g/mol. The first-order valence-electron chi connectivity index (χ1n) is 5.16. The standard InChI is InChI=1S/C11H9BrClN3O2/c12-8-3-1-2-7(10(8)13)11(17)14-5-4-9-15-6-18-16-9/h1-3,6H,4-5H2,(H,14,17). The van der Waals surface area contributed by atoms with Gasteiger partial charge in [0.25, 0.3) is 5.91 Å². The number of hydrogen-bond donors (Lipinski definition) is 1. The van der Waals surface area contributed by atoms with E-state index in [1.54, 1.807) is 18.2 Å². The first-order chi connectivity index (χ1) is 8.68. The van der Waals surface area contributed by atoms with Crippen molar-refractivity contribution in [3.05, 3.63) is 45.5 Å². The molecule has 0 saturated heterocycles. The summed E-state index contributed by atoms with van der Waals surface area (Å²) in [6.45, 7) is 0.418. The molecule has 0 unspecified atom stereocenters. The molecule has 0 spiro atoms. The Balaban J connectivity index is 1.93. The Hall–Kier alpha value is -1.40. The summed E-state index contributed by atoms with van der Waals surface area (Å²) in [5.41, 5.74) is 0.430. The van der Waals surface area contributed by atoms with Crippen molar-refractivity contribution in [1.82, 2.24) is 15.5 Å². The van der Waals surface area contributed by atoms with Crippen LogP contribution in [0.3, 0.4) is 0 Å². The lowest BCUT2D eigenvalue weighted by molar-refractivity contribution is 0.0954. The summed E-state index contributed by atoms with van der Waals surface area (Å²) in [6, 6.07) is 5.19. The van der Waals surface area contributed by atoms with E-state index in [0.29, 0.717) is 33.8 Å².